The first kappa shape index (κ1) is 14.5. The normalized spacial score (nSPS) is 12.8. The molecule has 0 aliphatic heterocycles. The Labute approximate surface area is 131 Å². The van der Waals surface area contributed by atoms with E-state index in [-0.39, 0.29) is 5.82 Å². The summed E-state index contributed by atoms with van der Waals surface area (Å²) >= 11 is 7.62. The van der Waals surface area contributed by atoms with Crippen molar-refractivity contribution in [3.63, 3.8) is 0 Å². The summed E-state index contributed by atoms with van der Waals surface area (Å²) in [5.41, 5.74) is 2.01. The molecule has 0 saturated heterocycles. The molecule has 1 unspecified atom stereocenters. The van der Waals surface area contributed by atoms with Gasteiger partial charge in [0.2, 0.25) is 0 Å². The Morgan fingerprint density at radius 3 is 2.76 bits per heavy atom. The van der Waals surface area contributed by atoms with Gasteiger partial charge in [-0.1, -0.05) is 29.8 Å². The van der Waals surface area contributed by atoms with E-state index in [0.717, 1.165) is 26.1 Å². The van der Waals surface area contributed by atoms with Crippen molar-refractivity contribution in [3.8, 4) is 0 Å². The Balaban J connectivity index is 1.87. The van der Waals surface area contributed by atoms with Crippen molar-refractivity contribution in [1.29, 1.82) is 0 Å². The van der Waals surface area contributed by atoms with Gasteiger partial charge in [0.05, 0.1) is 6.10 Å². The van der Waals surface area contributed by atoms with Crippen LogP contribution in [0.4, 0.5) is 4.39 Å². The van der Waals surface area contributed by atoms with E-state index < -0.39 is 6.10 Å². The molecule has 0 spiro atoms. The first-order chi connectivity index (χ1) is 10.0. The minimum Gasteiger partial charge on any atom is -0.387 e. The maximum absolute atomic E-state index is 13.2. The van der Waals surface area contributed by atoms with Crippen molar-refractivity contribution in [3.05, 3.63) is 69.3 Å². The minimum absolute atomic E-state index is 0.257. The molecule has 108 valence electrons. The Kier molecular flexibility index (Phi) is 3.98. The van der Waals surface area contributed by atoms with Gasteiger partial charge in [-0.2, -0.15) is 0 Å². The molecule has 0 aliphatic rings. The third-order valence-electron chi connectivity index (χ3n) is 3.45. The lowest BCUT2D eigenvalue weighted by atomic mass is 10.0. The topological polar surface area (TPSA) is 20.2 Å². The molecule has 3 aromatic rings. The number of hydrogen-bond acceptors (Lipinski definition) is 2. The van der Waals surface area contributed by atoms with Crippen LogP contribution in [0.1, 0.15) is 22.1 Å². The molecule has 0 amide bonds. The molecule has 1 N–H and O–H groups in total. The molecule has 1 nitrogen and oxygen atoms in total. The van der Waals surface area contributed by atoms with Crippen LogP contribution in [-0.2, 0) is 6.42 Å². The number of fused-ring (bicyclic) bond motifs is 1. The standard InChI is InChI=1S/C17H14ClFOS/c1-10-2-3-11(14(18)6-10)7-15(20)17-8-12-4-5-13(19)9-16(12)21-17/h2-6,8-9,15,20H,7H2,1H3. The van der Waals surface area contributed by atoms with Gasteiger partial charge in [0.25, 0.3) is 0 Å². The average Bonchev–Trinajstić information content (AvgIpc) is 2.85. The van der Waals surface area contributed by atoms with Crippen LogP contribution in [0.25, 0.3) is 10.1 Å². The summed E-state index contributed by atoms with van der Waals surface area (Å²) in [5.74, 6) is -0.257. The van der Waals surface area contributed by atoms with Gasteiger partial charge in [0.15, 0.2) is 0 Å². The van der Waals surface area contributed by atoms with Gasteiger partial charge in [-0.15, -0.1) is 11.3 Å². The van der Waals surface area contributed by atoms with Crippen LogP contribution in [0.5, 0.6) is 0 Å². The summed E-state index contributed by atoms with van der Waals surface area (Å²) in [6.07, 6.45) is -0.181. The van der Waals surface area contributed by atoms with E-state index in [2.05, 4.69) is 0 Å². The molecule has 0 saturated carbocycles. The Morgan fingerprint density at radius 1 is 1.19 bits per heavy atom. The highest BCUT2D eigenvalue weighted by Gasteiger charge is 2.14. The van der Waals surface area contributed by atoms with Crippen molar-refractivity contribution >= 4 is 33.0 Å². The van der Waals surface area contributed by atoms with E-state index in [1.807, 2.05) is 31.2 Å². The lowest BCUT2D eigenvalue weighted by Crippen LogP contribution is -2.00. The molecule has 3 rings (SSSR count). The third kappa shape index (κ3) is 3.10. The summed E-state index contributed by atoms with van der Waals surface area (Å²) in [6, 6.07) is 12.4. The second kappa shape index (κ2) is 5.76. The van der Waals surface area contributed by atoms with Crippen molar-refractivity contribution in [2.75, 3.05) is 0 Å². The lowest BCUT2D eigenvalue weighted by molar-refractivity contribution is 0.182. The predicted molar refractivity (Wildman–Crippen MR) is 86.6 cm³/mol. The average molecular weight is 321 g/mol. The Morgan fingerprint density at radius 2 is 2.00 bits per heavy atom. The first-order valence-electron chi connectivity index (χ1n) is 6.65. The van der Waals surface area contributed by atoms with Crippen molar-refractivity contribution in [2.45, 2.75) is 19.4 Å². The number of rotatable bonds is 3. The van der Waals surface area contributed by atoms with E-state index in [1.54, 1.807) is 6.07 Å². The predicted octanol–water partition coefficient (Wildman–Crippen LogP) is 5.28. The Bertz CT molecular complexity index is 797. The van der Waals surface area contributed by atoms with Crippen LogP contribution in [-0.4, -0.2) is 5.11 Å². The molecule has 1 atom stereocenters. The second-order valence-electron chi connectivity index (χ2n) is 5.15. The van der Waals surface area contributed by atoms with Crippen molar-refractivity contribution in [2.24, 2.45) is 0 Å². The molecule has 4 heteroatoms. The smallest absolute Gasteiger partial charge is 0.124 e. The van der Waals surface area contributed by atoms with Crippen LogP contribution in [0.3, 0.4) is 0 Å². The molecule has 0 bridgehead atoms. The molecule has 0 aliphatic carbocycles. The minimum atomic E-state index is -0.634. The maximum atomic E-state index is 13.2. The Hall–Kier alpha value is -1.42. The molecular weight excluding hydrogens is 307 g/mol. The molecule has 2 aromatic carbocycles. The maximum Gasteiger partial charge on any atom is 0.124 e. The fourth-order valence-corrected chi connectivity index (χ4v) is 3.70. The monoisotopic (exact) mass is 320 g/mol. The van der Waals surface area contributed by atoms with Gasteiger partial charge in [0.1, 0.15) is 5.82 Å². The van der Waals surface area contributed by atoms with Gasteiger partial charge < -0.3 is 5.11 Å². The van der Waals surface area contributed by atoms with Crippen LogP contribution < -0.4 is 0 Å². The molecular formula is C17H14ClFOS. The van der Waals surface area contributed by atoms with Gasteiger partial charge in [-0.25, -0.2) is 4.39 Å². The highest BCUT2D eigenvalue weighted by molar-refractivity contribution is 7.19. The van der Waals surface area contributed by atoms with Crippen LogP contribution >= 0.6 is 22.9 Å². The fourth-order valence-electron chi connectivity index (χ4n) is 2.32. The number of aliphatic hydroxyl groups excluding tert-OH is 1. The van der Waals surface area contributed by atoms with Gasteiger partial charge >= 0.3 is 0 Å². The van der Waals surface area contributed by atoms with E-state index in [1.165, 1.54) is 23.5 Å². The quantitative estimate of drug-likeness (QED) is 0.696. The second-order valence-corrected chi connectivity index (χ2v) is 6.67. The number of aliphatic hydroxyl groups is 1. The largest absolute Gasteiger partial charge is 0.387 e. The number of aryl methyl sites for hydroxylation is 1. The summed E-state index contributed by atoms with van der Waals surface area (Å²) in [7, 11) is 0. The summed E-state index contributed by atoms with van der Waals surface area (Å²) in [6.45, 7) is 1.98. The van der Waals surface area contributed by atoms with E-state index in [4.69, 9.17) is 11.6 Å². The van der Waals surface area contributed by atoms with Gasteiger partial charge in [0, 0.05) is 21.0 Å². The van der Waals surface area contributed by atoms with E-state index in [0.29, 0.717) is 11.4 Å². The number of halogens is 2. The number of benzene rings is 2. The molecule has 0 fully saturated rings. The molecule has 0 radical (unpaired) electrons. The molecule has 21 heavy (non-hydrogen) atoms. The SMILES string of the molecule is Cc1ccc(CC(O)c2cc3ccc(F)cc3s2)c(Cl)c1. The highest BCUT2D eigenvalue weighted by atomic mass is 35.5. The summed E-state index contributed by atoms with van der Waals surface area (Å²) < 4.78 is 14.1. The van der Waals surface area contributed by atoms with Crippen LogP contribution in [0.2, 0.25) is 5.02 Å². The fraction of sp³-hybridized carbons (Fsp3) is 0.176. The van der Waals surface area contributed by atoms with Gasteiger partial charge in [-0.3, -0.25) is 0 Å². The van der Waals surface area contributed by atoms with Crippen LogP contribution in [0, 0.1) is 12.7 Å². The highest BCUT2D eigenvalue weighted by Crippen LogP contribution is 2.33. The zero-order chi connectivity index (χ0) is 15.0. The summed E-state index contributed by atoms with van der Waals surface area (Å²) in [5, 5.41) is 12.0. The lowest BCUT2D eigenvalue weighted by Gasteiger charge is -2.10. The molecule has 1 aromatic heterocycles. The third-order valence-corrected chi connectivity index (χ3v) is 5.00. The number of thiophene rings is 1. The molecule has 1 heterocycles. The van der Waals surface area contributed by atoms with Crippen molar-refractivity contribution in [1.82, 2.24) is 0 Å². The van der Waals surface area contributed by atoms with E-state index in [9.17, 15) is 9.50 Å². The zero-order valence-corrected chi connectivity index (χ0v) is 13.0. The zero-order valence-electron chi connectivity index (χ0n) is 11.4. The van der Waals surface area contributed by atoms with Crippen molar-refractivity contribution < 1.29 is 9.50 Å². The number of hydrogen-bond donors (Lipinski definition) is 1. The van der Waals surface area contributed by atoms with Crippen LogP contribution in [0.15, 0.2) is 42.5 Å². The first-order valence-corrected chi connectivity index (χ1v) is 7.84. The van der Waals surface area contributed by atoms with Gasteiger partial charge in [-0.05, 0) is 47.7 Å². The summed E-state index contributed by atoms with van der Waals surface area (Å²) in [4.78, 5) is 0.826. The van der Waals surface area contributed by atoms with E-state index >= 15 is 0 Å².